The maximum Gasteiger partial charge on any atom is 0.415 e. The Balaban J connectivity index is 1.43. The first-order valence-electron chi connectivity index (χ1n) is 15.6. The van der Waals surface area contributed by atoms with E-state index < -0.39 is 29.3 Å². The summed E-state index contributed by atoms with van der Waals surface area (Å²) in [5, 5.41) is 9.87. The lowest BCUT2D eigenvalue weighted by Gasteiger charge is -2.33. The maximum absolute atomic E-state index is 13.4. The highest BCUT2D eigenvalue weighted by molar-refractivity contribution is 7.19. The van der Waals surface area contributed by atoms with Gasteiger partial charge in [-0.3, -0.25) is 24.0 Å². The number of nitrogens with zero attached hydrogens (tertiary/aromatic N) is 5. The van der Waals surface area contributed by atoms with Crippen LogP contribution in [0.2, 0.25) is 0 Å². The third kappa shape index (κ3) is 8.26. The molecule has 0 bridgehead atoms. The Hall–Kier alpha value is -5.23. The van der Waals surface area contributed by atoms with E-state index in [4.69, 9.17) is 14.8 Å². The first kappa shape index (κ1) is 36.6. The number of ketones is 2. The Morgan fingerprint density at radius 1 is 0.980 bits per heavy atom. The molecule has 1 aliphatic heterocycles. The number of carbonyl (C=O) groups is 7. The summed E-state index contributed by atoms with van der Waals surface area (Å²) in [6, 6.07) is 6.73. The van der Waals surface area contributed by atoms with Gasteiger partial charge in [0, 0.05) is 86.1 Å². The zero-order chi connectivity index (χ0) is 36.2. The Morgan fingerprint density at radius 2 is 1.63 bits per heavy atom. The van der Waals surface area contributed by atoms with Gasteiger partial charge in [0.15, 0.2) is 16.6 Å². The Bertz CT molecular complexity index is 1850. The number of thiazole rings is 1. The predicted molar refractivity (Wildman–Crippen MR) is 175 cm³/mol. The summed E-state index contributed by atoms with van der Waals surface area (Å²) in [5.41, 5.74) is 0.887. The summed E-state index contributed by atoms with van der Waals surface area (Å²) >= 11 is 1.19. The largest absolute Gasteiger partial charge is 0.415 e. The van der Waals surface area contributed by atoms with Crippen LogP contribution in [0.3, 0.4) is 0 Å². The molecule has 4 amide bonds. The van der Waals surface area contributed by atoms with Gasteiger partial charge in [0.05, 0.1) is 10.2 Å². The van der Waals surface area contributed by atoms with Crippen molar-refractivity contribution in [3.63, 3.8) is 0 Å². The van der Waals surface area contributed by atoms with Gasteiger partial charge in [0.1, 0.15) is 11.8 Å². The molecule has 0 saturated carbocycles. The lowest BCUT2D eigenvalue weighted by atomic mass is 9.71. The fraction of sp³-hybridized carbons (Fsp3) is 0.441. The van der Waals surface area contributed by atoms with Crippen molar-refractivity contribution in [3.05, 3.63) is 45.5 Å². The predicted octanol–water partition coefficient (Wildman–Crippen LogP) is 4.04. The second kappa shape index (κ2) is 14.9. The number of nitriles is 1. The SMILES string of the molecule is CC1=C(C)C(=O)C(C(C)(C)CC(=O)N(C)CCN(CCCC(=O)ON2C(=O)CCC2=O)C(=O)Oc2ccc3sc(C#N)nc3c2)=C(C)C1=O. The highest BCUT2D eigenvalue weighted by atomic mass is 32.1. The molecule has 258 valence electrons. The van der Waals surface area contributed by atoms with E-state index in [2.05, 4.69) is 4.98 Å². The van der Waals surface area contributed by atoms with Gasteiger partial charge in [-0.2, -0.15) is 5.26 Å². The lowest BCUT2D eigenvalue weighted by Crippen LogP contribution is -2.42. The van der Waals surface area contributed by atoms with Crippen LogP contribution in [0.4, 0.5) is 4.79 Å². The van der Waals surface area contributed by atoms with Gasteiger partial charge in [-0.05, 0) is 39.3 Å². The molecule has 2 aliphatic rings. The van der Waals surface area contributed by atoms with Crippen LogP contribution in [0.15, 0.2) is 40.5 Å². The highest BCUT2D eigenvalue weighted by Gasteiger charge is 2.39. The standard InChI is InChI=1S/C34H37N5O9S/c1-19-20(2)32(45)30(21(3)31(19)44)34(4,5)17-28(42)37(6)14-15-38(13-7-8-29(43)48-39-26(40)11-12-27(39)41)33(46)47-22-9-10-24-23(16-22)36-25(18-35)49-24/h9-10,16H,7-8,11-15,17H2,1-6H3. The van der Waals surface area contributed by atoms with Crippen LogP contribution in [0, 0.1) is 16.7 Å². The number of carbonyl (C=O) groups excluding carboxylic acids is 7. The molecule has 4 rings (SSSR count). The molecule has 14 nitrogen and oxygen atoms in total. The number of imide groups is 1. The second-order valence-electron chi connectivity index (χ2n) is 12.5. The number of fused-ring (bicyclic) bond motifs is 1. The molecule has 0 radical (unpaired) electrons. The molecule has 1 aromatic heterocycles. The van der Waals surface area contributed by atoms with Crippen LogP contribution >= 0.6 is 11.3 Å². The Kier molecular flexibility index (Phi) is 11.1. The summed E-state index contributed by atoms with van der Waals surface area (Å²) in [5.74, 6) is -2.68. The molecule has 2 heterocycles. The van der Waals surface area contributed by atoms with E-state index >= 15 is 0 Å². The average Bonchev–Trinajstić information content (AvgIpc) is 3.61. The third-order valence-electron chi connectivity index (χ3n) is 8.51. The van der Waals surface area contributed by atoms with Crippen molar-refractivity contribution in [1.29, 1.82) is 5.26 Å². The molecule has 0 unspecified atom stereocenters. The van der Waals surface area contributed by atoms with Gasteiger partial charge in [0.2, 0.25) is 5.91 Å². The quantitative estimate of drug-likeness (QED) is 0.231. The number of Topliss-reactive ketones (excluding diaryl/α,β-unsaturated/α-hetero) is 2. The van der Waals surface area contributed by atoms with Gasteiger partial charge >= 0.3 is 12.1 Å². The van der Waals surface area contributed by atoms with E-state index in [1.165, 1.54) is 27.2 Å². The van der Waals surface area contributed by atoms with Gasteiger partial charge in [-0.15, -0.1) is 16.4 Å². The Labute approximate surface area is 286 Å². The van der Waals surface area contributed by atoms with Crippen LogP contribution in [-0.2, 0) is 33.6 Å². The molecule has 1 fully saturated rings. The van der Waals surface area contributed by atoms with Crippen molar-refractivity contribution in [2.45, 2.75) is 66.7 Å². The van der Waals surface area contributed by atoms with Crippen LogP contribution in [-0.4, -0.2) is 87.9 Å². The van der Waals surface area contributed by atoms with Crippen molar-refractivity contribution in [2.24, 2.45) is 5.41 Å². The first-order chi connectivity index (χ1) is 23.0. The number of rotatable bonds is 12. The second-order valence-corrected chi connectivity index (χ2v) is 13.6. The molecular formula is C34H37N5O9S. The number of likely N-dealkylation sites (N-methyl/N-ethyl adjacent to an activating group) is 1. The summed E-state index contributed by atoms with van der Waals surface area (Å²) in [6.45, 7) is 8.33. The minimum atomic E-state index is -0.957. The average molecular weight is 692 g/mol. The minimum absolute atomic E-state index is 0.00263. The van der Waals surface area contributed by atoms with Crippen molar-refractivity contribution >= 4 is 62.9 Å². The van der Waals surface area contributed by atoms with Gasteiger partial charge in [-0.25, -0.2) is 14.6 Å². The number of hydroxylamine groups is 2. The molecular weight excluding hydrogens is 654 g/mol. The topological polar surface area (TPSA) is 184 Å². The Morgan fingerprint density at radius 3 is 2.29 bits per heavy atom. The fourth-order valence-electron chi connectivity index (χ4n) is 5.60. The summed E-state index contributed by atoms with van der Waals surface area (Å²) in [4.78, 5) is 100. The number of hydrogen-bond donors (Lipinski definition) is 0. The lowest BCUT2D eigenvalue weighted by molar-refractivity contribution is -0.197. The number of benzene rings is 1. The van der Waals surface area contributed by atoms with Crippen LogP contribution in [0.5, 0.6) is 5.75 Å². The summed E-state index contributed by atoms with van der Waals surface area (Å²) in [6.07, 6.45) is -1.08. The van der Waals surface area contributed by atoms with Gasteiger partial charge in [-0.1, -0.05) is 13.8 Å². The molecule has 15 heteroatoms. The van der Waals surface area contributed by atoms with Gasteiger partial charge < -0.3 is 19.4 Å². The minimum Gasteiger partial charge on any atom is -0.410 e. The van der Waals surface area contributed by atoms with Crippen molar-refractivity contribution in [3.8, 4) is 11.8 Å². The van der Waals surface area contributed by atoms with E-state index in [0.717, 1.165) is 4.70 Å². The molecule has 0 atom stereocenters. The van der Waals surface area contributed by atoms with Crippen LogP contribution in [0.1, 0.15) is 71.7 Å². The third-order valence-corrected chi connectivity index (χ3v) is 9.45. The zero-order valence-corrected chi connectivity index (χ0v) is 29.0. The number of ether oxygens (including phenoxy) is 1. The molecule has 2 aromatic rings. The number of aromatic nitrogens is 1. The molecule has 1 saturated heterocycles. The van der Waals surface area contributed by atoms with E-state index in [0.29, 0.717) is 32.9 Å². The van der Waals surface area contributed by atoms with Crippen molar-refractivity contribution < 1.29 is 43.1 Å². The van der Waals surface area contributed by atoms with Crippen molar-refractivity contribution in [1.82, 2.24) is 19.8 Å². The van der Waals surface area contributed by atoms with E-state index in [1.807, 2.05) is 6.07 Å². The van der Waals surface area contributed by atoms with E-state index in [-0.39, 0.29) is 80.0 Å². The normalized spacial score (nSPS) is 15.2. The summed E-state index contributed by atoms with van der Waals surface area (Å²) in [7, 11) is 1.55. The molecule has 1 aromatic carbocycles. The van der Waals surface area contributed by atoms with Crippen LogP contribution < -0.4 is 4.74 Å². The van der Waals surface area contributed by atoms with E-state index in [9.17, 15) is 33.6 Å². The fourth-order valence-corrected chi connectivity index (χ4v) is 6.35. The molecule has 0 N–H and O–H groups in total. The summed E-state index contributed by atoms with van der Waals surface area (Å²) < 4.78 is 6.33. The number of allylic oxidation sites excluding steroid dienone is 4. The molecule has 1 aliphatic carbocycles. The smallest absolute Gasteiger partial charge is 0.410 e. The van der Waals surface area contributed by atoms with E-state index in [1.54, 1.807) is 53.8 Å². The van der Waals surface area contributed by atoms with Crippen molar-refractivity contribution in [2.75, 3.05) is 26.7 Å². The highest BCUT2D eigenvalue weighted by Crippen LogP contribution is 2.39. The first-order valence-corrected chi connectivity index (χ1v) is 16.4. The number of hydrogen-bond acceptors (Lipinski definition) is 12. The number of amides is 4. The zero-order valence-electron chi connectivity index (χ0n) is 28.2. The maximum atomic E-state index is 13.4. The monoisotopic (exact) mass is 691 g/mol. The van der Waals surface area contributed by atoms with Gasteiger partial charge in [0.25, 0.3) is 11.8 Å². The van der Waals surface area contributed by atoms with Crippen LogP contribution in [0.25, 0.3) is 10.2 Å². The molecule has 0 spiro atoms. The molecule has 49 heavy (non-hydrogen) atoms.